The Bertz CT molecular complexity index is 1630. The molecule has 0 radical (unpaired) electrons. The van der Waals surface area contributed by atoms with Crippen LogP contribution in [0.25, 0.3) is 11.1 Å². The lowest BCUT2D eigenvalue weighted by Gasteiger charge is -2.11. The summed E-state index contributed by atoms with van der Waals surface area (Å²) < 4.78 is 44.9. The Labute approximate surface area is 237 Å². The molecule has 0 fully saturated rings. The number of methoxy groups -OCH3 is 1. The largest absolute Gasteiger partial charge is 0.423 e. The van der Waals surface area contributed by atoms with Gasteiger partial charge in [-0.3, -0.25) is 0 Å². The lowest BCUT2D eigenvalue weighted by molar-refractivity contribution is 0.0724. The third-order valence-corrected chi connectivity index (χ3v) is 7.36. The van der Waals surface area contributed by atoms with Gasteiger partial charge in [0.15, 0.2) is 0 Å². The van der Waals surface area contributed by atoms with Gasteiger partial charge in [0.2, 0.25) is 0 Å². The molecular formula is C34H30F2O5. The Morgan fingerprint density at radius 1 is 0.707 bits per heavy atom. The zero-order valence-electron chi connectivity index (χ0n) is 23.1. The van der Waals surface area contributed by atoms with Crippen molar-refractivity contribution in [3.63, 3.8) is 0 Å². The summed E-state index contributed by atoms with van der Waals surface area (Å²) in [6.07, 6.45) is 1.82. The molecule has 0 bridgehead atoms. The fourth-order valence-electron chi connectivity index (χ4n) is 5.15. The second kappa shape index (κ2) is 12.0. The van der Waals surface area contributed by atoms with Crippen molar-refractivity contribution in [2.24, 2.45) is 0 Å². The highest BCUT2D eigenvalue weighted by atomic mass is 19.1. The summed E-state index contributed by atoms with van der Waals surface area (Å²) in [7, 11) is 1.55. The van der Waals surface area contributed by atoms with Crippen molar-refractivity contribution in [2.75, 3.05) is 13.7 Å². The van der Waals surface area contributed by atoms with Crippen LogP contribution < -0.4 is 9.47 Å². The highest BCUT2D eigenvalue weighted by molar-refractivity contribution is 5.92. The third-order valence-electron chi connectivity index (χ3n) is 7.36. The van der Waals surface area contributed by atoms with E-state index < -0.39 is 23.6 Å². The Morgan fingerprint density at radius 3 is 1.63 bits per heavy atom. The number of hydrogen-bond acceptors (Lipinski definition) is 5. The molecule has 0 saturated carbocycles. The molecular weight excluding hydrogens is 526 g/mol. The minimum atomic E-state index is -0.654. The molecule has 1 unspecified atom stereocenters. The highest BCUT2D eigenvalue weighted by Gasteiger charge is 2.27. The average Bonchev–Trinajstić information content (AvgIpc) is 3.24. The quantitative estimate of drug-likeness (QED) is 0.156. The van der Waals surface area contributed by atoms with Gasteiger partial charge in [-0.15, -0.1) is 0 Å². The number of esters is 2. The van der Waals surface area contributed by atoms with Gasteiger partial charge < -0.3 is 14.2 Å². The predicted molar refractivity (Wildman–Crippen MR) is 152 cm³/mol. The van der Waals surface area contributed by atoms with Gasteiger partial charge in [-0.1, -0.05) is 44.5 Å². The predicted octanol–water partition coefficient (Wildman–Crippen LogP) is 7.68. The lowest BCUT2D eigenvalue weighted by atomic mass is 9.99. The molecule has 41 heavy (non-hydrogen) atoms. The molecule has 5 rings (SSSR count). The molecule has 4 aromatic rings. The summed E-state index contributed by atoms with van der Waals surface area (Å²) in [6, 6.07) is 19.5. The number of hydrogen-bond donors (Lipinski definition) is 0. The van der Waals surface area contributed by atoms with Crippen LogP contribution in [0.1, 0.15) is 69.2 Å². The first-order valence-corrected chi connectivity index (χ1v) is 13.6. The molecule has 4 aromatic carbocycles. The van der Waals surface area contributed by atoms with E-state index in [1.807, 2.05) is 26.0 Å². The number of aryl methyl sites for hydroxylation is 1. The average molecular weight is 557 g/mol. The van der Waals surface area contributed by atoms with E-state index in [0.717, 1.165) is 28.7 Å². The van der Waals surface area contributed by atoms with E-state index in [0.29, 0.717) is 42.1 Å². The first-order valence-electron chi connectivity index (χ1n) is 13.6. The standard InChI is InChI=1S/C34H30F2O5/c1-4-5-21-6-8-23(16-31(21)35)33(37)40-25-10-12-27-28-13-11-26(19-30(28)20(2)29(27)18-25)41-34(38)24-9-7-22(14-15-39-3)32(36)17-24/h6-13,16-20H,4-5,14-15H2,1-3H3. The SMILES string of the molecule is CCCc1ccc(C(=O)Oc2ccc3c(c2)C(C)c2cc(OC(=O)c4ccc(CCOC)c(F)c4)ccc2-3)cc1F. The zero-order valence-corrected chi connectivity index (χ0v) is 23.1. The van der Waals surface area contributed by atoms with Crippen LogP contribution in [0, 0.1) is 11.6 Å². The van der Waals surface area contributed by atoms with Gasteiger partial charge in [-0.2, -0.15) is 0 Å². The number of benzene rings is 4. The van der Waals surface area contributed by atoms with Gasteiger partial charge in [-0.05, 0) is 94.8 Å². The van der Waals surface area contributed by atoms with Crippen LogP contribution in [0.15, 0.2) is 72.8 Å². The maximum absolute atomic E-state index is 14.4. The number of carbonyl (C=O) groups excluding carboxylic acids is 2. The van der Waals surface area contributed by atoms with E-state index in [9.17, 15) is 18.4 Å². The summed E-state index contributed by atoms with van der Waals surface area (Å²) in [4.78, 5) is 25.5. The van der Waals surface area contributed by atoms with Crippen molar-refractivity contribution in [3.8, 4) is 22.6 Å². The molecule has 7 heteroatoms. The van der Waals surface area contributed by atoms with Crippen molar-refractivity contribution >= 4 is 11.9 Å². The van der Waals surface area contributed by atoms with Crippen molar-refractivity contribution in [2.45, 2.75) is 39.0 Å². The summed E-state index contributed by atoms with van der Waals surface area (Å²) >= 11 is 0. The zero-order chi connectivity index (χ0) is 29.1. The molecule has 1 atom stereocenters. The molecule has 0 aliphatic heterocycles. The minimum absolute atomic E-state index is 0.0689. The third kappa shape index (κ3) is 5.91. The van der Waals surface area contributed by atoms with Crippen LogP contribution in [0.2, 0.25) is 0 Å². The van der Waals surface area contributed by atoms with Crippen LogP contribution in [0.5, 0.6) is 11.5 Å². The number of carbonyl (C=O) groups is 2. The maximum atomic E-state index is 14.4. The van der Waals surface area contributed by atoms with Crippen molar-refractivity contribution in [3.05, 3.63) is 118 Å². The van der Waals surface area contributed by atoms with E-state index in [2.05, 4.69) is 0 Å². The van der Waals surface area contributed by atoms with E-state index in [4.69, 9.17) is 14.2 Å². The molecule has 1 aliphatic rings. The summed E-state index contributed by atoms with van der Waals surface area (Å²) in [5, 5.41) is 0. The number of halogens is 2. The fraction of sp³-hybridized carbons (Fsp3) is 0.235. The van der Waals surface area contributed by atoms with Gasteiger partial charge in [-0.25, -0.2) is 18.4 Å². The van der Waals surface area contributed by atoms with E-state index in [1.54, 1.807) is 55.6 Å². The van der Waals surface area contributed by atoms with Gasteiger partial charge in [0.1, 0.15) is 23.1 Å². The summed E-state index contributed by atoms with van der Waals surface area (Å²) in [5.74, 6) is -1.55. The number of fused-ring (bicyclic) bond motifs is 3. The molecule has 1 aliphatic carbocycles. The Morgan fingerprint density at radius 2 is 1.20 bits per heavy atom. The van der Waals surface area contributed by atoms with Gasteiger partial charge in [0.05, 0.1) is 17.7 Å². The van der Waals surface area contributed by atoms with Gasteiger partial charge >= 0.3 is 11.9 Å². The number of rotatable bonds is 9. The molecule has 0 aromatic heterocycles. The Kier molecular flexibility index (Phi) is 8.26. The first-order chi connectivity index (χ1) is 19.8. The monoisotopic (exact) mass is 556 g/mol. The van der Waals surface area contributed by atoms with Crippen molar-refractivity contribution in [1.82, 2.24) is 0 Å². The van der Waals surface area contributed by atoms with Crippen LogP contribution in [-0.2, 0) is 17.6 Å². The summed E-state index contributed by atoms with van der Waals surface area (Å²) in [5.41, 5.74) is 5.16. The van der Waals surface area contributed by atoms with Crippen LogP contribution in [0.4, 0.5) is 8.78 Å². The topological polar surface area (TPSA) is 61.8 Å². The van der Waals surface area contributed by atoms with Gasteiger partial charge in [0, 0.05) is 13.0 Å². The molecule has 0 heterocycles. The minimum Gasteiger partial charge on any atom is -0.423 e. The molecule has 210 valence electrons. The second-order valence-corrected chi connectivity index (χ2v) is 10.1. The number of ether oxygens (including phenoxy) is 3. The lowest BCUT2D eigenvalue weighted by Crippen LogP contribution is -2.10. The Hall–Kier alpha value is -4.36. The smallest absolute Gasteiger partial charge is 0.343 e. The van der Waals surface area contributed by atoms with Crippen LogP contribution >= 0.6 is 0 Å². The molecule has 0 spiro atoms. The fourth-order valence-corrected chi connectivity index (χ4v) is 5.15. The molecule has 0 saturated heterocycles. The highest BCUT2D eigenvalue weighted by Crippen LogP contribution is 2.47. The van der Waals surface area contributed by atoms with Crippen molar-refractivity contribution < 1.29 is 32.6 Å². The second-order valence-electron chi connectivity index (χ2n) is 10.1. The van der Waals surface area contributed by atoms with E-state index >= 15 is 0 Å². The van der Waals surface area contributed by atoms with Crippen LogP contribution in [0.3, 0.4) is 0 Å². The van der Waals surface area contributed by atoms with Gasteiger partial charge in [0.25, 0.3) is 0 Å². The molecule has 5 nitrogen and oxygen atoms in total. The van der Waals surface area contributed by atoms with E-state index in [1.165, 1.54) is 12.1 Å². The van der Waals surface area contributed by atoms with E-state index in [-0.39, 0.29) is 17.0 Å². The molecule has 0 N–H and O–H groups in total. The maximum Gasteiger partial charge on any atom is 0.343 e. The van der Waals surface area contributed by atoms with Crippen molar-refractivity contribution in [1.29, 1.82) is 0 Å². The molecule has 0 amide bonds. The normalized spacial score (nSPS) is 13.4. The summed E-state index contributed by atoms with van der Waals surface area (Å²) in [6.45, 7) is 4.36. The Balaban J connectivity index is 1.30. The van der Waals surface area contributed by atoms with Crippen LogP contribution in [-0.4, -0.2) is 25.7 Å². The first kappa shape index (κ1) is 28.2.